The number of benzene rings is 1. The van der Waals surface area contributed by atoms with E-state index >= 15 is 0 Å². The smallest absolute Gasteiger partial charge is 0.272 e. The highest BCUT2D eigenvalue weighted by atomic mass is 16.3. The van der Waals surface area contributed by atoms with Crippen LogP contribution in [-0.2, 0) is 13.5 Å². The van der Waals surface area contributed by atoms with Crippen molar-refractivity contribution in [2.75, 3.05) is 26.2 Å². The Bertz CT molecular complexity index is 1240. The number of hydrogen-bond donors (Lipinski definition) is 1. The molecular formula is C31H42N6O2. The van der Waals surface area contributed by atoms with Crippen LogP contribution in [0.4, 0.5) is 0 Å². The van der Waals surface area contributed by atoms with Crippen molar-refractivity contribution in [1.29, 1.82) is 0 Å². The average molecular weight is 531 g/mol. The van der Waals surface area contributed by atoms with Crippen LogP contribution in [0.3, 0.4) is 0 Å². The van der Waals surface area contributed by atoms with Gasteiger partial charge >= 0.3 is 0 Å². The zero-order chi connectivity index (χ0) is 27.2. The summed E-state index contributed by atoms with van der Waals surface area (Å²) in [7, 11) is 1.94. The predicted octanol–water partition coefficient (Wildman–Crippen LogP) is 4.73. The first kappa shape index (κ1) is 27.5. The van der Waals surface area contributed by atoms with Crippen LogP contribution in [0.1, 0.15) is 74.3 Å². The number of piperidine rings is 1. The van der Waals surface area contributed by atoms with Gasteiger partial charge in [-0.15, -0.1) is 0 Å². The molecule has 39 heavy (non-hydrogen) atoms. The number of carbonyl (C=O) groups excluding carboxylic acids is 1. The van der Waals surface area contributed by atoms with Gasteiger partial charge in [-0.2, -0.15) is 0 Å². The molecule has 2 saturated heterocycles. The maximum Gasteiger partial charge on any atom is 0.272 e. The molecule has 8 nitrogen and oxygen atoms in total. The van der Waals surface area contributed by atoms with Crippen molar-refractivity contribution in [2.45, 2.75) is 76.8 Å². The van der Waals surface area contributed by atoms with Crippen molar-refractivity contribution in [2.24, 2.45) is 7.05 Å². The first-order chi connectivity index (χ1) is 19.1. The molecule has 0 spiro atoms. The molecule has 208 valence electrons. The number of aryl methyl sites for hydroxylation is 1. The molecular weight excluding hydrogens is 488 g/mol. The second-order valence-corrected chi connectivity index (χ2v) is 11.1. The van der Waals surface area contributed by atoms with Crippen molar-refractivity contribution in [3.8, 4) is 22.6 Å². The molecule has 2 aliphatic rings. The molecule has 0 bridgehead atoms. The Kier molecular flexibility index (Phi) is 9.04. The molecule has 2 aromatic heterocycles. The van der Waals surface area contributed by atoms with E-state index in [0.717, 1.165) is 55.6 Å². The Morgan fingerprint density at radius 2 is 1.82 bits per heavy atom. The first-order valence-corrected chi connectivity index (χ1v) is 14.7. The quantitative estimate of drug-likeness (QED) is 0.382. The molecule has 0 aliphatic carbocycles. The van der Waals surface area contributed by atoms with E-state index in [0.29, 0.717) is 30.5 Å². The molecule has 1 amide bonds. The van der Waals surface area contributed by atoms with E-state index in [1.807, 2.05) is 16.5 Å². The summed E-state index contributed by atoms with van der Waals surface area (Å²) >= 11 is 0. The molecule has 4 heterocycles. The fraction of sp³-hybridized carbons (Fsp3) is 0.548. The molecule has 0 unspecified atom stereocenters. The van der Waals surface area contributed by atoms with Gasteiger partial charge < -0.3 is 14.6 Å². The zero-order valence-corrected chi connectivity index (χ0v) is 23.4. The van der Waals surface area contributed by atoms with Crippen LogP contribution < -0.4 is 0 Å². The summed E-state index contributed by atoms with van der Waals surface area (Å²) in [6, 6.07) is 9.27. The van der Waals surface area contributed by atoms with Gasteiger partial charge in [-0.3, -0.25) is 9.69 Å². The van der Waals surface area contributed by atoms with Crippen molar-refractivity contribution in [1.82, 2.24) is 29.3 Å². The van der Waals surface area contributed by atoms with Crippen LogP contribution in [0.2, 0.25) is 0 Å². The third-order valence-electron chi connectivity index (χ3n) is 8.49. The zero-order valence-electron chi connectivity index (χ0n) is 23.4. The lowest BCUT2D eigenvalue weighted by Gasteiger charge is -2.39. The van der Waals surface area contributed by atoms with E-state index in [-0.39, 0.29) is 18.6 Å². The molecule has 3 aromatic rings. The van der Waals surface area contributed by atoms with E-state index in [9.17, 15) is 9.90 Å². The van der Waals surface area contributed by atoms with Gasteiger partial charge in [-0.1, -0.05) is 44.4 Å². The second kappa shape index (κ2) is 12.8. The summed E-state index contributed by atoms with van der Waals surface area (Å²) in [6.45, 7) is 4.91. The number of hydrogen-bond acceptors (Lipinski definition) is 6. The van der Waals surface area contributed by atoms with E-state index in [2.05, 4.69) is 46.1 Å². The number of nitrogens with zero attached hydrogens (tertiary/aromatic N) is 6. The summed E-state index contributed by atoms with van der Waals surface area (Å²) < 4.78 is 1.95. The fourth-order valence-electron chi connectivity index (χ4n) is 6.33. The van der Waals surface area contributed by atoms with Gasteiger partial charge in [0.25, 0.3) is 5.91 Å². The van der Waals surface area contributed by atoms with Gasteiger partial charge in [-0.05, 0) is 56.7 Å². The van der Waals surface area contributed by atoms with Crippen LogP contribution in [0.5, 0.6) is 0 Å². The van der Waals surface area contributed by atoms with Gasteiger partial charge in [0.15, 0.2) is 0 Å². The third-order valence-corrected chi connectivity index (χ3v) is 8.49. The van der Waals surface area contributed by atoms with E-state index in [1.54, 1.807) is 12.4 Å². The Balaban J connectivity index is 1.40. The van der Waals surface area contributed by atoms with Crippen molar-refractivity contribution < 1.29 is 9.90 Å². The number of rotatable bonds is 10. The minimum atomic E-state index is 0.00408. The topological polar surface area (TPSA) is 87.4 Å². The number of imidazole rings is 1. The van der Waals surface area contributed by atoms with Crippen LogP contribution in [0.25, 0.3) is 22.6 Å². The molecule has 0 saturated carbocycles. The van der Waals surface area contributed by atoms with Gasteiger partial charge in [0.1, 0.15) is 23.5 Å². The normalized spacial score (nSPS) is 18.6. The van der Waals surface area contributed by atoms with Crippen molar-refractivity contribution in [3.63, 3.8) is 0 Å². The average Bonchev–Trinajstić information content (AvgIpc) is 3.60. The number of likely N-dealkylation sites (tertiary alicyclic amines) is 2. The van der Waals surface area contributed by atoms with Crippen LogP contribution in [0, 0.1) is 0 Å². The van der Waals surface area contributed by atoms with Crippen LogP contribution in [-0.4, -0.2) is 78.7 Å². The third kappa shape index (κ3) is 6.07. The van der Waals surface area contributed by atoms with Crippen LogP contribution in [0.15, 0.2) is 43.0 Å². The summed E-state index contributed by atoms with van der Waals surface area (Å²) in [5, 5.41) is 9.78. The first-order valence-electron chi connectivity index (χ1n) is 14.7. The molecule has 1 aromatic carbocycles. The highest BCUT2D eigenvalue weighted by molar-refractivity contribution is 5.99. The van der Waals surface area contributed by atoms with Gasteiger partial charge in [0.05, 0.1) is 6.61 Å². The molecule has 5 rings (SSSR count). The van der Waals surface area contributed by atoms with Crippen molar-refractivity contribution in [3.05, 3.63) is 54.2 Å². The van der Waals surface area contributed by atoms with Gasteiger partial charge in [-0.25, -0.2) is 15.0 Å². The maximum absolute atomic E-state index is 14.0. The SMILES string of the molecule is CCCCCCc1cccc(-c2nc(-c3cncnc3)c(C(=O)N3CCC(N4CCC[C@@H]4CO)CC3)n2C)c1. The van der Waals surface area contributed by atoms with E-state index < -0.39 is 0 Å². The fourth-order valence-corrected chi connectivity index (χ4v) is 6.33. The minimum Gasteiger partial charge on any atom is -0.395 e. The molecule has 2 aliphatic heterocycles. The second-order valence-electron chi connectivity index (χ2n) is 11.1. The largest absolute Gasteiger partial charge is 0.395 e. The van der Waals surface area contributed by atoms with Crippen LogP contribution >= 0.6 is 0 Å². The number of unbranched alkanes of at least 4 members (excludes halogenated alkanes) is 3. The lowest BCUT2D eigenvalue weighted by Crippen LogP contribution is -2.49. The summed E-state index contributed by atoms with van der Waals surface area (Å²) in [4.78, 5) is 31.9. The standard InChI is InChI=1S/C31H42N6O2/c1-3-4-5-6-9-23-10-7-11-24(18-23)30-34-28(25-19-32-22-33-20-25)29(35(30)2)31(39)36-16-13-26(14-17-36)37-15-8-12-27(37)21-38/h7,10-11,18-20,22,26-27,38H,3-6,8-9,12-17,21H2,1-2H3/t27-/m1/s1. The van der Waals surface area contributed by atoms with Gasteiger partial charge in [0, 0.05) is 55.7 Å². The Hall–Kier alpha value is -3.10. The maximum atomic E-state index is 14.0. The highest BCUT2D eigenvalue weighted by Crippen LogP contribution is 2.31. The predicted molar refractivity (Wildman–Crippen MR) is 153 cm³/mol. The minimum absolute atomic E-state index is 0.00408. The van der Waals surface area contributed by atoms with E-state index in [4.69, 9.17) is 4.98 Å². The molecule has 0 radical (unpaired) electrons. The molecule has 1 atom stereocenters. The van der Waals surface area contributed by atoms with Gasteiger partial charge in [0.2, 0.25) is 0 Å². The van der Waals surface area contributed by atoms with Crippen molar-refractivity contribution >= 4 is 5.91 Å². The molecule has 1 N–H and O–H groups in total. The summed E-state index contributed by atoms with van der Waals surface area (Å²) in [6.07, 6.45) is 15.0. The van der Waals surface area contributed by atoms with E-state index in [1.165, 1.54) is 37.6 Å². The number of aliphatic hydroxyl groups is 1. The number of aliphatic hydroxyl groups excluding tert-OH is 1. The number of carbonyl (C=O) groups is 1. The Morgan fingerprint density at radius 3 is 2.56 bits per heavy atom. The summed E-state index contributed by atoms with van der Waals surface area (Å²) in [5.41, 5.74) is 4.28. The lowest BCUT2D eigenvalue weighted by atomic mass is 10.0. The Labute approximate surface area is 232 Å². The highest BCUT2D eigenvalue weighted by Gasteiger charge is 2.35. The monoisotopic (exact) mass is 530 g/mol. The molecule has 2 fully saturated rings. The summed E-state index contributed by atoms with van der Waals surface area (Å²) in [5.74, 6) is 0.787. The number of aromatic nitrogens is 4. The molecule has 8 heteroatoms. The Morgan fingerprint density at radius 1 is 1.03 bits per heavy atom. The number of amides is 1. The lowest BCUT2D eigenvalue weighted by molar-refractivity contribution is 0.0531.